The van der Waals surface area contributed by atoms with Gasteiger partial charge in [-0.3, -0.25) is 10.2 Å². The molecule has 4 heteroatoms. The van der Waals surface area contributed by atoms with E-state index in [2.05, 4.69) is 5.43 Å². The summed E-state index contributed by atoms with van der Waals surface area (Å²) < 4.78 is 0. The number of benzene rings is 1. The molecule has 0 aromatic heterocycles. The topological polar surface area (TPSA) is 58.4 Å². The third kappa shape index (κ3) is 2.52. The molecule has 0 radical (unpaired) electrons. The van der Waals surface area contributed by atoms with Crippen LogP contribution in [0.4, 0.5) is 5.69 Å². The number of piperidine rings is 1. The summed E-state index contributed by atoms with van der Waals surface area (Å²) in [7, 11) is 0. The summed E-state index contributed by atoms with van der Waals surface area (Å²) in [6, 6.07) is 7.13. The lowest BCUT2D eigenvalue weighted by Crippen LogP contribution is -2.45. The average Bonchev–Trinajstić information content (AvgIpc) is 2.31. The second-order valence-electron chi connectivity index (χ2n) is 4.08. The second kappa shape index (κ2) is 4.99. The van der Waals surface area contributed by atoms with Gasteiger partial charge in [0.05, 0.1) is 5.56 Å². The monoisotopic (exact) mass is 219 g/mol. The predicted molar refractivity (Wildman–Crippen MR) is 63.7 cm³/mol. The van der Waals surface area contributed by atoms with E-state index < -0.39 is 0 Å². The Labute approximate surface area is 95.4 Å². The van der Waals surface area contributed by atoms with Crippen LogP contribution in [0.1, 0.15) is 29.6 Å². The van der Waals surface area contributed by atoms with E-state index in [0.717, 1.165) is 25.9 Å². The summed E-state index contributed by atoms with van der Waals surface area (Å²) in [4.78, 5) is 11.9. The van der Waals surface area contributed by atoms with Gasteiger partial charge in [-0.1, -0.05) is 18.6 Å². The van der Waals surface area contributed by atoms with E-state index in [-0.39, 0.29) is 5.91 Å². The van der Waals surface area contributed by atoms with Gasteiger partial charge in [-0.2, -0.15) is 0 Å². The zero-order valence-corrected chi connectivity index (χ0v) is 9.28. The maximum atomic E-state index is 11.9. The van der Waals surface area contributed by atoms with Crippen molar-refractivity contribution in [1.29, 1.82) is 0 Å². The second-order valence-corrected chi connectivity index (χ2v) is 4.08. The maximum absolute atomic E-state index is 11.9. The first-order valence-corrected chi connectivity index (χ1v) is 5.68. The van der Waals surface area contributed by atoms with Gasteiger partial charge in [0.1, 0.15) is 0 Å². The first kappa shape index (κ1) is 11.0. The van der Waals surface area contributed by atoms with Crippen LogP contribution in [-0.2, 0) is 0 Å². The number of hydrazine groups is 1. The largest absolute Gasteiger partial charge is 0.398 e. The number of carbonyl (C=O) groups is 1. The Morgan fingerprint density at radius 1 is 1.19 bits per heavy atom. The quantitative estimate of drug-likeness (QED) is 0.739. The van der Waals surface area contributed by atoms with E-state index in [1.807, 2.05) is 17.1 Å². The summed E-state index contributed by atoms with van der Waals surface area (Å²) in [5, 5.41) is 1.97. The van der Waals surface area contributed by atoms with Gasteiger partial charge in [-0.25, -0.2) is 5.01 Å². The molecule has 1 aliphatic heterocycles. The van der Waals surface area contributed by atoms with Gasteiger partial charge in [0.25, 0.3) is 5.91 Å². The van der Waals surface area contributed by atoms with Crippen LogP contribution < -0.4 is 11.2 Å². The van der Waals surface area contributed by atoms with Crippen molar-refractivity contribution in [1.82, 2.24) is 10.4 Å². The fourth-order valence-electron chi connectivity index (χ4n) is 1.91. The standard InChI is InChI=1S/C12H17N3O/c13-11-7-3-2-6-10(11)12(16)14-15-8-4-1-5-9-15/h2-3,6-7H,1,4-5,8-9,13H2,(H,14,16). The molecule has 16 heavy (non-hydrogen) atoms. The third-order valence-electron chi connectivity index (χ3n) is 2.82. The number of nitrogen functional groups attached to an aromatic ring is 1. The van der Waals surface area contributed by atoms with E-state index in [1.165, 1.54) is 6.42 Å². The zero-order valence-electron chi connectivity index (χ0n) is 9.28. The molecular formula is C12H17N3O. The van der Waals surface area contributed by atoms with Crippen LogP contribution in [0, 0.1) is 0 Å². The summed E-state index contributed by atoms with van der Waals surface area (Å²) in [6.07, 6.45) is 3.54. The van der Waals surface area contributed by atoms with Crippen molar-refractivity contribution in [3.8, 4) is 0 Å². The molecule has 1 heterocycles. The highest BCUT2D eigenvalue weighted by Crippen LogP contribution is 2.11. The van der Waals surface area contributed by atoms with Gasteiger partial charge in [-0.05, 0) is 25.0 Å². The van der Waals surface area contributed by atoms with Crippen LogP contribution in [0.15, 0.2) is 24.3 Å². The lowest BCUT2D eigenvalue weighted by atomic mass is 10.1. The van der Waals surface area contributed by atoms with Gasteiger partial charge >= 0.3 is 0 Å². The summed E-state index contributed by atoms with van der Waals surface area (Å²) in [5.41, 5.74) is 9.71. The lowest BCUT2D eigenvalue weighted by molar-refractivity contribution is 0.0751. The molecule has 0 atom stereocenters. The number of hydrogen-bond donors (Lipinski definition) is 2. The maximum Gasteiger partial charge on any atom is 0.267 e. The number of carbonyl (C=O) groups excluding carboxylic acids is 1. The Kier molecular flexibility index (Phi) is 3.41. The highest BCUT2D eigenvalue weighted by atomic mass is 16.2. The van der Waals surface area contributed by atoms with E-state index in [0.29, 0.717) is 11.3 Å². The molecule has 2 rings (SSSR count). The molecule has 0 saturated carbocycles. The van der Waals surface area contributed by atoms with E-state index >= 15 is 0 Å². The van der Waals surface area contributed by atoms with Gasteiger partial charge in [0.2, 0.25) is 0 Å². The fraction of sp³-hybridized carbons (Fsp3) is 0.417. The summed E-state index contributed by atoms with van der Waals surface area (Å²) in [5.74, 6) is -0.111. The van der Waals surface area contributed by atoms with Gasteiger partial charge < -0.3 is 5.73 Å². The van der Waals surface area contributed by atoms with Gasteiger partial charge in [0.15, 0.2) is 0 Å². The van der Waals surface area contributed by atoms with Crippen LogP contribution in [0.5, 0.6) is 0 Å². The minimum atomic E-state index is -0.111. The van der Waals surface area contributed by atoms with E-state index in [1.54, 1.807) is 12.1 Å². The van der Waals surface area contributed by atoms with Crippen molar-refractivity contribution in [2.24, 2.45) is 0 Å². The molecule has 1 aliphatic rings. The number of rotatable bonds is 2. The molecule has 0 spiro atoms. The Hall–Kier alpha value is -1.55. The molecule has 1 aromatic rings. The number of nitrogens with two attached hydrogens (primary N) is 1. The summed E-state index contributed by atoms with van der Waals surface area (Å²) >= 11 is 0. The Morgan fingerprint density at radius 2 is 1.88 bits per heavy atom. The molecule has 4 nitrogen and oxygen atoms in total. The van der Waals surface area contributed by atoms with Crippen molar-refractivity contribution >= 4 is 11.6 Å². The van der Waals surface area contributed by atoms with Gasteiger partial charge in [0, 0.05) is 18.8 Å². The smallest absolute Gasteiger partial charge is 0.267 e. The number of para-hydroxylation sites is 1. The molecule has 86 valence electrons. The van der Waals surface area contributed by atoms with Crippen molar-refractivity contribution in [2.45, 2.75) is 19.3 Å². The number of nitrogens with one attached hydrogen (secondary N) is 1. The molecule has 1 amide bonds. The lowest BCUT2D eigenvalue weighted by Gasteiger charge is -2.26. The van der Waals surface area contributed by atoms with Crippen molar-refractivity contribution in [3.63, 3.8) is 0 Å². The molecule has 0 bridgehead atoms. The van der Waals surface area contributed by atoms with Crippen LogP contribution in [0.25, 0.3) is 0 Å². The van der Waals surface area contributed by atoms with E-state index in [4.69, 9.17) is 5.73 Å². The molecule has 1 aromatic carbocycles. The summed E-state index contributed by atoms with van der Waals surface area (Å²) in [6.45, 7) is 1.86. The number of hydrogen-bond acceptors (Lipinski definition) is 3. The highest BCUT2D eigenvalue weighted by Gasteiger charge is 2.15. The van der Waals surface area contributed by atoms with Crippen molar-refractivity contribution in [3.05, 3.63) is 29.8 Å². The molecule has 1 fully saturated rings. The van der Waals surface area contributed by atoms with Crippen LogP contribution in [-0.4, -0.2) is 24.0 Å². The molecule has 0 unspecified atom stereocenters. The predicted octanol–water partition coefficient (Wildman–Crippen LogP) is 1.40. The fourth-order valence-corrected chi connectivity index (χ4v) is 1.91. The first-order chi connectivity index (χ1) is 7.77. The van der Waals surface area contributed by atoms with E-state index in [9.17, 15) is 4.79 Å². The molecule has 0 aliphatic carbocycles. The van der Waals surface area contributed by atoms with Crippen molar-refractivity contribution < 1.29 is 4.79 Å². The Bertz CT molecular complexity index is 372. The van der Waals surface area contributed by atoms with Crippen LogP contribution in [0.3, 0.4) is 0 Å². The molecular weight excluding hydrogens is 202 g/mol. The van der Waals surface area contributed by atoms with Crippen LogP contribution >= 0.6 is 0 Å². The normalized spacial score (nSPS) is 17.0. The Morgan fingerprint density at radius 3 is 2.56 bits per heavy atom. The third-order valence-corrected chi connectivity index (χ3v) is 2.82. The Balaban J connectivity index is 2.00. The molecule has 1 saturated heterocycles. The SMILES string of the molecule is Nc1ccccc1C(=O)NN1CCCCC1. The molecule has 3 N–H and O–H groups in total. The number of anilines is 1. The minimum absolute atomic E-state index is 0.111. The number of amides is 1. The number of nitrogens with zero attached hydrogens (tertiary/aromatic N) is 1. The first-order valence-electron chi connectivity index (χ1n) is 5.68. The van der Waals surface area contributed by atoms with Gasteiger partial charge in [-0.15, -0.1) is 0 Å². The van der Waals surface area contributed by atoms with Crippen molar-refractivity contribution in [2.75, 3.05) is 18.8 Å². The average molecular weight is 219 g/mol. The zero-order chi connectivity index (χ0) is 11.4. The highest BCUT2D eigenvalue weighted by molar-refractivity contribution is 5.98. The van der Waals surface area contributed by atoms with Crippen LogP contribution in [0.2, 0.25) is 0 Å². The minimum Gasteiger partial charge on any atom is -0.398 e.